The normalized spacial score (nSPS) is 29.6. The zero-order valence-electron chi connectivity index (χ0n) is 10.3. The third-order valence-electron chi connectivity index (χ3n) is 3.18. The van der Waals surface area contributed by atoms with E-state index in [2.05, 4.69) is 5.32 Å². The van der Waals surface area contributed by atoms with E-state index in [0.717, 1.165) is 25.7 Å². The van der Waals surface area contributed by atoms with E-state index in [-0.39, 0.29) is 24.5 Å². The molecule has 0 bridgehead atoms. The monoisotopic (exact) mass is 301 g/mol. The lowest BCUT2D eigenvalue weighted by molar-refractivity contribution is -0.145. The number of hydrogen-bond donors (Lipinski definition) is 2. The molecule has 2 atom stereocenters. The molecular weight excluding hydrogens is 286 g/mol. The maximum atomic E-state index is 11.6. The number of aliphatic carboxylic acids is 1. The van der Waals surface area contributed by atoms with Crippen LogP contribution in [0, 0.1) is 5.92 Å². The van der Waals surface area contributed by atoms with Gasteiger partial charge in [-0.2, -0.15) is 0 Å². The number of amides is 1. The fourth-order valence-corrected chi connectivity index (χ4v) is 3.42. The largest absolute Gasteiger partial charge is 0.480 e. The van der Waals surface area contributed by atoms with Crippen LogP contribution in [0.2, 0.25) is 0 Å². The van der Waals surface area contributed by atoms with E-state index in [4.69, 9.17) is 22.1 Å². The molecule has 2 fully saturated rings. The Labute approximate surface area is 120 Å². The molecule has 1 aliphatic carbocycles. The van der Waals surface area contributed by atoms with Crippen molar-refractivity contribution >= 4 is 40.2 Å². The zero-order valence-corrected chi connectivity index (χ0v) is 11.9. The molecule has 1 saturated carbocycles. The Hall–Kier alpha value is -0.920. The van der Waals surface area contributed by atoms with E-state index in [1.807, 2.05) is 6.08 Å². The van der Waals surface area contributed by atoms with Gasteiger partial charge in [0.25, 0.3) is 5.91 Å². The Morgan fingerprint density at radius 1 is 1.53 bits per heavy atom. The van der Waals surface area contributed by atoms with E-state index >= 15 is 0 Å². The topological polar surface area (TPSA) is 75.6 Å². The van der Waals surface area contributed by atoms with E-state index < -0.39 is 5.97 Å². The molecule has 2 aliphatic rings. The molecule has 1 saturated heterocycles. The van der Waals surface area contributed by atoms with Gasteiger partial charge in [-0.1, -0.05) is 42.9 Å². The minimum absolute atomic E-state index is 0.0854. The Bertz CT molecular complexity index is 435. The van der Waals surface area contributed by atoms with E-state index in [1.54, 1.807) is 0 Å². The van der Waals surface area contributed by atoms with Crippen LogP contribution in [0.1, 0.15) is 25.7 Å². The van der Waals surface area contributed by atoms with Gasteiger partial charge < -0.3 is 15.2 Å². The third kappa shape index (κ3) is 4.02. The van der Waals surface area contributed by atoms with Crippen LogP contribution in [0.15, 0.2) is 11.0 Å². The summed E-state index contributed by atoms with van der Waals surface area (Å²) in [5.74, 6) is -1.05. The average molecular weight is 301 g/mol. The molecule has 0 aromatic carbocycles. The van der Waals surface area contributed by atoms with Crippen molar-refractivity contribution in [2.75, 3.05) is 6.61 Å². The van der Waals surface area contributed by atoms with Gasteiger partial charge in [-0.05, 0) is 12.8 Å². The highest BCUT2D eigenvalue weighted by molar-refractivity contribution is 8.26. The van der Waals surface area contributed by atoms with Crippen LogP contribution < -0.4 is 5.32 Å². The first-order valence-electron chi connectivity index (χ1n) is 6.14. The zero-order chi connectivity index (χ0) is 13.8. The minimum atomic E-state index is -0.967. The molecule has 19 heavy (non-hydrogen) atoms. The molecular formula is C12H15NO4S2. The first-order chi connectivity index (χ1) is 9.06. The highest BCUT2D eigenvalue weighted by atomic mass is 32.2. The first-order valence-corrected chi connectivity index (χ1v) is 7.37. The van der Waals surface area contributed by atoms with Gasteiger partial charge in [0.2, 0.25) is 0 Å². The fourth-order valence-electron chi connectivity index (χ4n) is 2.33. The molecule has 2 N–H and O–H groups in total. The predicted molar refractivity (Wildman–Crippen MR) is 75.7 cm³/mol. The van der Waals surface area contributed by atoms with Crippen molar-refractivity contribution in [1.82, 2.24) is 5.32 Å². The number of carbonyl (C=O) groups excluding carboxylic acids is 1. The van der Waals surface area contributed by atoms with Crippen molar-refractivity contribution in [3.8, 4) is 0 Å². The maximum Gasteiger partial charge on any atom is 0.329 e. The molecule has 1 amide bonds. The van der Waals surface area contributed by atoms with Gasteiger partial charge in [0.1, 0.15) is 10.9 Å². The molecule has 1 aliphatic heterocycles. The number of thiocarbonyl (C=S) groups is 1. The summed E-state index contributed by atoms with van der Waals surface area (Å²) in [6.07, 6.45) is 5.59. The molecule has 2 unspecified atom stereocenters. The summed E-state index contributed by atoms with van der Waals surface area (Å²) < 4.78 is 5.88. The van der Waals surface area contributed by atoms with E-state index in [0.29, 0.717) is 9.23 Å². The van der Waals surface area contributed by atoms with Crippen LogP contribution in [0.4, 0.5) is 0 Å². The summed E-state index contributed by atoms with van der Waals surface area (Å²) in [5.41, 5.74) is 0. The van der Waals surface area contributed by atoms with Gasteiger partial charge in [0, 0.05) is 5.92 Å². The lowest BCUT2D eigenvalue weighted by Gasteiger charge is -2.29. The molecule has 104 valence electrons. The number of nitrogens with one attached hydrogen (secondary N) is 1. The molecule has 5 nitrogen and oxygen atoms in total. The molecule has 0 radical (unpaired) electrons. The molecule has 0 aromatic heterocycles. The van der Waals surface area contributed by atoms with Crippen LogP contribution >= 0.6 is 24.0 Å². The third-order valence-corrected chi connectivity index (χ3v) is 4.36. The Kier molecular flexibility index (Phi) is 4.95. The van der Waals surface area contributed by atoms with Gasteiger partial charge in [0.15, 0.2) is 0 Å². The number of carbonyl (C=O) groups is 2. The number of rotatable bonds is 4. The average Bonchev–Trinajstić information content (AvgIpc) is 2.67. The lowest BCUT2D eigenvalue weighted by Crippen LogP contribution is -2.29. The van der Waals surface area contributed by atoms with Crippen LogP contribution in [0.5, 0.6) is 0 Å². The molecule has 2 rings (SSSR count). The molecule has 1 heterocycles. The minimum Gasteiger partial charge on any atom is -0.480 e. The summed E-state index contributed by atoms with van der Waals surface area (Å²) in [6, 6.07) is 0. The van der Waals surface area contributed by atoms with Crippen molar-refractivity contribution in [3.05, 3.63) is 11.0 Å². The van der Waals surface area contributed by atoms with Gasteiger partial charge >= 0.3 is 5.97 Å². The van der Waals surface area contributed by atoms with Gasteiger partial charge in [-0.15, -0.1) is 0 Å². The predicted octanol–water partition coefficient (Wildman–Crippen LogP) is 1.68. The van der Waals surface area contributed by atoms with Gasteiger partial charge in [-0.3, -0.25) is 4.79 Å². The molecule has 7 heteroatoms. The van der Waals surface area contributed by atoms with Gasteiger partial charge in [-0.25, -0.2) is 4.79 Å². The van der Waals surface area contributed by atoms with Crippen LogP contribution in [0.3, 0.4) is 0 Å². The van der Waals surface area contributed by atoms with Crippen molar-refractivity contribution in [3.63, 3.8) is 0 Å². The quantitative estimate of drug-likeness (QED) is 0.608. The number of thioether (sulfide) groups is 1. The highest BCUT2D eigenvalue weighted by Crippen LogP contribution is 2.32. The lowest BCUT2D eigenvalue weighted by atomic mass is 9.86. The fraction of sp³-hybridized carbons (Fsp3) is 0.583. The van der Waals surface area contributed by atoms with Crippen molar-refractivity contribution in [2.24, 2.45) is 5.92 Å². The smallest absolute Gasteiger partial charge is 0.329 e. The van der Waals surface area contributed by atoms with Gasteiger partial charge in [0.05, 0.1) is 11.0 Å². The summed E-state index contributed by atoms with van der Waals surface area (Å²) in [7, 11) is 0. The number of hydrogen-bond acceptors (Lipinski definition) is 5. The summed E-state index contributed by atoms with van der Waals surface area (Å²) in [4.78, 5) is 22.8. The second-order valence-corrected chi connectivity index (χ2v) is 6.28. The second-order valence-electron chi connectivity index (χ2n) is 4.57. The number of carboxylic acids is 1. The van der Waals surface area contributed by atoms with Crippen molar-refractivity contribution < 1.29 is 19.4 Å². The second kappa shape index (κ2) is 6.49. The van der Waals surface area contributed by atoms with Crippen LogP contribution in [-0.4, -0.2) is 34.0 Å². The van der Waals surface area contributed by atoms with Crippen molar-refractivity contribution in [1.29, 1.82) is 0 Å². The Balaban J connectivity index is 2.03. The molecule has 0 aromatic rings. The first kappa shape index (κ1) is 14.5. The number of carboxylic acid groups (broad SMARTS) is 1. The Morgan fingerprint density at radius 3 is 2.89 bits per heavy atom. The summed E-state index contributed by atoms with van der Waals surface area (Å²) in [6.45, 7) is -0.290. The Morgan fingerprint density at radius 2 is 2.26 bits per heavy atom. The van der Waals surface area contributed by atoms with Crippen LogP contribution in [-0.2, 0) is 14.3 Å². The summed E-state index contributed by atoms with van der Waals surface area (Å²) >= 11 is 6.19. The van der Waals surface area contributed by atoms with E-state index in [9.17, 15) is 9.59 Å². The standard InChI is InChI=1S/C12H15NO4S2/c14-10(15)6-17-8-4-2-1-3-7(8)5-9-11(16)13-12(18)19-9/h5,7-8H,1-4,6H2,(H,14,15)(H,13,16,18)/b9-5-. The van der Waals surface area contributed by atoms with Crippen molar-refractivity contribution in [2.45, 2.75) is 31.8 Å². The molecule has 0 spiro atoms. The highest BCUT2D eigenvalue weighted by Gasteiger charge is 2.29. The maximum absolute atomic E-state index is 11.6. The van der Waals surface area contributed by atoms with Crippen LogP contribution in [0.25, 0.3) is 0 Å². The SMILES string of the molecule is O=C(O)COC1CCCCC1/C=C1\SC(=S)NC1=O. The summed E-state index contributed by atoms with van der Waals surface area (Å²) in [5, 5.41) is 11.2. The van der Waals surface area contributed by atoms with E-state index in [1.165, 1.54) is 11.8 Å². The number of ether oxygens (including phenoxy) is 1.